The number of urea groups is 1. The molecule has 1 N–H and O–H groups in total. The Hall–Kier alpha value is -5.11. The molecule has 1 aliphatic heterocycles. The fourth-order valence-corrected chi connectivity index (χ4v) is 4.76. The van der Waals surface area contributed by atoms with Gasteiger partial charge in [0.1, 0.15) is 24.1 Å². The van der Waals surface area contributed by atoms with Crippen LogP contribution < -0.4 is 19.7 Å². The van der Waals surface area contributed by atoms with Crippen molar-refractivity contribution < 1.29 is 23.9 Å². The third-order valence-corrected chi connectivity index (χ3v) is 6.60. The van der Waals surface area contributed by atoms with E-state index in [4.69, 9.17) is 9.47 Å². The van der Waals surface area contributed by atoms with Crippen molar-refractivity contribution in [3.8, 4) is 11.5 Å². The second-order valence-electron chi connectivity index (χ2n) is 9.37. The number of ether oxygens (including phenoxy) is 2. The summed E-state index contributed by atoms with van der Waals surface area (Å²) >= 11 is 0. The Kier molecular flexibility index (Phi) is 7.77. The van der Waals surface area contributed by atoms with Crippen LogP contribution in [0.5, 0.6) is 11.5 Å². The Bertz CT molecular complexity index is 1510. The molecule has 8 nitrogen and oxygen atoms in total. The van der Waals surface area contributed by atoms with E-state index < -0.39 is 6.04 Å². The monoisotopic (exact) mass is 535 g/mol. The first-order valence-electron chi connectivity index (χ1n) is 12.9. The molecule has 4 amide bonds. The molecule has 0 aromatic heterocycles. The first kappa shape index (κ1) is 26.5. The van der Waals surface area contributed by atoms with Crippen LogP contribution in [-0.4, -0.2) is 29.9 Å². The van der Waals surface area contributed by atoms with Crippen molar-refractivity contribution in [2.75, 3.05) is 17.3 Å². The second kappa shape index (κ2) is 11.7. The number of nitrogens with one attached hydrogen (secondary N) is 1. The zero-order valence-electron chi connectivity index (χ0n) is 22.2. The number of carbonyl (C=O) groups excluding carboxylic acids is 3. The van der Waals surface area contributed by atoms with Crippen molar-refractivity contribution in [2.24, 2.45) is 0 Å². The summed E-state index contributed by atoms with van der Waals surface area (Å²) in [5.74, 6) is 0.842. The number of methoxy groups -OCH3 is 1. The molecule has 1 saturated heterocycles. The van der Waals surface area contributed by atoms with Gasteiger partial charge in [0.25, 0.3) is 5.91 Å². The maximum Gasteiger partial charge on any atom is 0.332 e. The molecule has 4 aromatic rings. The average molecular weight is 536 g/mol. The normalized spacial score (nSPS) is 14.8. The van der Waals surface area contributed by atoms with Crippen LogP contribution in [-0.2, 0) is 22.7 Å². The fourth-order valence-electron chi connectivity index (χ4n) is 4.76. The number of imide groups is 1. The van der Waals surface area contributed by atoms with E-state index in [0.717, 1.165) is 16.7 Å². The van der Waals surface area contributed by atoms with E-state index in [1.165, 1.54) is 11.8 Å². The van der Waals surface area contributed by atoms with E-state index in [9.17, 15) is 14.4 Å². The number of anilines is 2. The Morgan fingerprint density at radius 2 is 1.55 bits per heavy atom. The number of benzene rings is 4. The number of amides is 4. The quantitative estimate of drug-likeness (QED) is 0.268. The Morgan fingerprint density at radius 3 is 2.20 bits per heavy atom. The van der Waals surface area contributed by atoms with E-state index in [0.29, 0.717) is 22.9 Å². The molecule has 1 aliphatic rings. The van der Waals surface area contributed by atoms with Gasteiger partial charge in [-0.1, -0.05) is 54.6 Å². The van der Waals surface area contributed by atoms with Gasteiger partial charge >= 0.3 is 6.03 Å². The zero-order valence-corrected chi connectivity index (χ0v) is 22.2. The van der Waals surface area contributed by atoms with Gasteiger partial charge in [0.05, 0.1) is 12.8 Å². The van der Waals surface area contributed by atoms with Crippen LogP contribution in [0.25, 0.3) is 0 Å². The van der Waals surface area contributed by atoms with Crippen LogP contribution in [0.4, 0.5) is 16.2 Å². The lowest BCUT2D eigenvalue weighted by atomic mass is 10.0. The molecule has 1 unspecified atom stereocenters. The van der Waals surface area contributed by atoms with E-state index in [2.05, 4.69) is 5.32 Å². The lowest BCUT2D eigenvalue weighted by molar-refractivity contribution is -0.120. The van der Waals surface area contributed by atoms with E-state index >= 15 is 0 Å². The summed E-state index contributed by atoms with van der Waals surface area (Å²) in [5.41, 5.74) is 3.59. The van der Waals surface area contributed by atoms with Crippen LogP contribution in [0.15, 0.2) is 103 Å². The summed E-state index contributed by atoms with van der Waals surface area (Å²) in [6, 6.07) is 29.9. The lowest BCUT2D eigenvalue weighted by Crippen LogP contribution is -2.32. The first-order valence-corrected chi connectivity index (χ1v) is 12.9. The van der Waals surface area contributed by atoms with Crippen LogP contribution in [0.3, 0.4) is 0 Å². The highest BCUT2D eigenvalue weighted by Gasteiger charge is 2.46. The van der Waals surface area contributed by atoms with Crippen molar-refractivity contribution in [1.82, 2.24) is 4.90 Å². The molecule has 4 aromatic carbocycles. The molecule has 0 spiro atoms. The van der Waals surface area contributed by atoms with Crippen molar-refractivity contribution in [3.63, 3.8) is 0 Å². The minimum Gasteiger partial charge on any atom is -0.496 e. The summed E-state index contributed by atoms with van der Waals surface area (Å²) in [6.45, 7) is 1.90. The van der Waals surface area contributed by atoms with E-state index in [-0.39, 0.29) is 31.0 Å². The van der Waals surface area contributed by atoms with Gasteiger partial charge in [0, 0.05) is 24.7 Å². The highest BCUT2D eigenvalue weighted by Crippen LogP contribution is 2.36. The van der Waals surface area contributed by atoms with Crippen LogP contribution in [0.2, 0.25) is 0 Å². The van der Waals surface area contributed by atoms with Crippen molar-refractivity contribution >= 4 is 29.2 Å². The molecule has 1 atom stereocenters. The highest BCUT2D eigenvalue weighted by molar-refractivity contribution is 6.21. The van der Waals surface area contributed by atoms with Gasteiger partial charge in [0.15, 0.2) is 0 Å². The molecule has 5 rings (SSSR count). The predicted octanol–water partition coefficient (Wildman–Crippen LogP) is 5.94. The summed E-state index contributed by atoms with van der Waals surface area (Å²) in [5, 5.41) is 2.73. The average Bonchev–Trinajstić information content (AvgIpc) is 3.21. The summed E-state index contributed by atoms with van der Waals surface area (Å²) in [6.07, 6.45) is 0. The number of hydrogen-bond donors (Lipinski definition) is 1. The Morgan fingerprint density at radius 1 is 0.875 bits per heavy atom. The smallest absolute Gasteiger partial charge is 0.332 e. The molecule has 0 radical (unpaired) electrons. The number of carbonyl (C=O) groups is 3. The minimum absolute atomic E-state index is 0.144. The molecular formula is C32H29N3O5. The number of rotatable bonds is 9. The largest absolute Gasteiger partial charge is 0.496 e. The molecule has 0 saturated carbocycles. The predicted molar refractivity (Wildman–Crippen MR) is 152 cm³/mol. The lowest BCUT2D eigenvalue weighted by Gasteiger charge is -2.23. The highest BCUT2D eigenvalue weighted by atomic mass is 16.5. The number of nitrogens with zero attached hydrogens (tertiary/aromatic N) is 2. The molecule has 202 valence electrons. The molecule has 1 fully saturated rings. The molecule has 0 bridgehead atoms. The van der Waals surface area contributed by atoms with Gasteiger partial charge in [-0.05, 0) is 59.7 Å². The van der Waals surface area contributed by atoms with Crippen molar-refractivity contribution in [2.45, 2.75) is 26.1 Å². The van der Waals surface area contributed by atoms with E-state index in [1.807, 2.05) is 54.6 Å². The van der Waals surface area contributed by atoms with Crippen molar-refractivity contribution in [1.29, 1.82) is 0 Å². The Labute approximate surface area is 232 Å². The third kappa shape index (κ3) is 5.66. The van der Waals surface area contributed by atoms with Gasteiger partial charge in [-0.25, -0.2) is 9.69 Å². The van der Waals surface area contributed by atoms with Crippen LogP contribution in [0, 0.1) is 0 Å². The summed E-state index contributed by atoms with van der Waals surface area (Å²) < 4.78 is 11.5. The fraction of sp³-hybridized carbons (Fsp3) is 0.156. The van der Waals surface area contributed by atoms with Gasteiger partial charge in [-0.15, -0.1) is 0 Å². The zero-order chi connectivity index (χ0) is 28.1. The van der Waals surface area contributed by atoms with Crippen molar-refractivity contribution in [3.05, 3.63) is 120 Å². The molecular weight excluding hydrogens is 506 g/mol. The molecule has 40 heavy (non-hydrogen) atoms. The van der Waals surface area contributed by atoms with Gasteiger partial charge in [-0.2, -0.15) is 0 Å². The molecule has 8 heteroatoms. The maximum absolute atomic E-state index is 13.7. The minimum atomic E-state index is -0.752. The number of hydrogen-bond acceptors (Lipinski definition) is 5. The number of para-hydroxylation sites is 1. The van der Waals surface area contributed by atoms with Gasteiger partial charge in [0.2, 0.25) is 5.91 Å². The van der Waals surface area contributed by atoms with Gasteiger partial charge < -0.3 is 19.7 Å². The standard InChI is InChI=1S/C32H29N3O5/c1-22(36)33-26-14-16-28(17-15-26)40-21-25-19-23(13-18-29(25)39-2)20-34-30(24-9-5-3-6-10-24)31(37)35(32(34)38)27-11-7-4-8-12-27/h3-19,30H,20-21H2,1-2H3,(H,33,36). The summed E-state index contributed by atoms with van der Waals surface area (Å²) in [7, 11) is 1.59. The first-order chi connectivity index (χ1) is 19.4. The maximum atomic E-state index is 13.7. The molecule has 0 aliphatic carbocycles. The SMILES string of the molecule is COc1ccc(CN2C(=O)N(c3ccccc3)C(=O)C2c2ccccc2)cc1COc1ccc(NC(C)=O)cc1. The Balaban J connectivity index is 1.39. The summed E-state index contributed by atoms with van der Waals surface area (Å²) in [4.78, 5) is 41.4. The van der Waals surface area contributed by atoms with Crippen LogP contribution >= 0.6 is 0 Å². The molecule has 1 heterocycles. The van der Waals surface area contributed by atoms with Crippen LogP contribution in [0.1, 0.15) is 29.7 Å². The van der Waals surface area contributed by atoms with Gasteiger partial charge in [-0.3, -0.25) is 9.59 Å². The van der Waals surface area contributed by atoms with E-state index in [1.54, 1.807) is 60.5 Å². The third-order valence-electron chi connectivity index (χ3n) is 6.60. The second-order valence-corrected chi connectivity index (χ2v) is 9.37. The topological polar surface area (TPSA) is 88.2 Å².